The van der Waals surface area contributed by atoms with Crippen molar-refractivity contribution in [1.29, 1.82) is 5.41 Å². The van der Waals surface area contributed by atoms with Crippen molar-refractivity contribution in [3.05, 3.63) is 69.1 Å². The van der Waals surface area contributed by atoms with E-state index in [0.29, 0.717) is 22.4 Å². The molecule has 0 bridgehead atoms. The zero-order chi connectivity index (χ0) is 19.5. The molecule has 0 fully saturated rings. The average molecular weight is 352 g/mol. The maximum atomic E-state index is 12.5. The zero-order valence-electron chi connectivity index (χ0n) is 15.4. The highest BCUT2D eigenvalue weighted by Gasteiger charge is 2.15. The van der Waals surface area contributed by atoms with Crippen molar-refractivity contribution in [2.24, 2.45) is 5.73 Å². The van der Waals surface area contributed by atoms with Crippen molar-refractivity contribution in [2.75, 3.05) is 5.32 Å². The number of anilines is 1. The quantitative estimate of drug-likeness (QED) is 0.634. The molecule has 0 aliphatic rings. The Bertz CT molecular complexity index is 916. The predicted octanol–water partition coefficient (Wildman–Crippen LogP) is 3.26. The van der Waals surface area contributed by atoms with Gasteiger partial charge in [-0.25, -0.2) is 0 Å². The average Bonchev–Trinajstić information content (AvgIpc) is 2.61. The topological polar surface area (TPSA) is 112 Å². The molecule has 2 rings (SSSR count). The zero-order valence-corrected chi connectivity index (χ0v) is 15.4. The van der Waals surface area contributed by atoms with Crippen LogP contribution in [0.3, 0.4) is 0 Å². The molecule has 1 amide bonds. The number of aromatic nitrogens is 1. The summed E-state index contributed by atoms with van der Waals surface area (Å²) in [6.07, 6.45) is 2.59. The number of carbonyl (C=O) groups is 1. The van der Waals surface area contributed by atoms with Crippen LogP contribution in [-0.4, -0.2) is 17.1 Å². The van der Waals surface area contributed by atoms with Gasteiger partial charge in [0.1, 0.15) is 5.69 Å². The van der Waals surface area contributed by atoms with Gasteiger partial charge in [0.15, 0.2) is 0 Å². The summed E-state index contributed by atoms with van der Waals surface area (Å²) >= 11 is 0. The van der Waals surface area contributed by atoms with Gasteiger partial charge in [0.25, 0.3) is 11.5 Å². The lowest BCUT2D eigenvalue weighted by molar-refractivity contribution is 0.102. The first-order chi connectivity index (χ1) is 12.1. The summed E-state index contributed by atoms with van der Waals surface area (Å²) in [6, 6.07) is 8.79. The number of benzene rings is 1. The Labute approximate surface area is 152 Å². The van der Waals surface area contributed by atoms with E-state index >= 15 is 0 Å². The molecule has 0 saturated heterocycles. The van der Waals surface area contributed by atoms with Gasteiger partial charge in [0, 0.05) is 29.2 Å². The number of amides is 1. The fourth-order valence-electron chi connectivity index (χ4n) is 2.35. The smallest absolute Gasteiger partial charge is 0.271 e. The third-order valence-electron chi connectivity index (χ3n) is 4.12. The van der Waals surface area contributed by atoms with Gasteiger partial charge >= 0.3 is 0 Å². The summed E-state index contributed by atoms with van der Waals surface area (Å²) in [7, 11) is 0. The maximum Gasteiger partial charge on any atom is 0.271 e. The Balaban J connectivity index is 2.29. The van der Waals surface area contributed by atoms with Crippen molar-refractivity contribution in [3.63, 3.8) is 0 Å². The highest BCUT2D eigenvalue weighted by Crippen LogP contribution is 2.22. The maximum absolute atomic E-state index is 12.5. The largest absolute Gasteiger partial charge is 0.398 e. The Morgan fingerprint density at radius 2 is 1.81 bits per heavy atom. The number of carbonyl (C=O) groups excluding carboxylic acids is 1. The number of H-pyrrole nitrogens is 1. The van der Waals surface area contributed by atoms with Crippen LogP contribution >= 0.6 is 0 Å². The van der Waals surface area contributed by atoms with Crippen molar-refractivity contribution >= 4 is 23.5 Å². The first-order valence-corrected chi connectivity index (χ1v) is 8.25. The van der Waals surface area contributed by atoms with Crippen molar-refractivity contribution < 1.29 is 4.79 Å². The van der Waals surface area contributed by atoms with Crippen LogP contribution in [0.25, 0.3) is 5.70 Å². The van der Waals surface area contributed by atoms with E-state index in [9.17, 15) is 9.59 Å². The van der Waals surface area contributed by atoms with Gasteiger partial charge in [-0.15, -0.1) is 0 Å². The van der Waals surface area contributed by atoms with E-state index in [1.807, 2.05) is 12.1 Å². The number of pyridine rings is 1. The molecule has 5 N–H and O–H groups in total. The standard InChI is InChI=1S/C20H24N4O2/c1-12(10-21)17(22)14-9-16(19(26)23-11-14)24-18(25)13-5-7-15(8-6-13)20(2,3)4/h5-11,21H,22H2,1-4H3,(H,23,26)(H,24,25). The van der Waals surface area contributed by atoms with E-state index < -0.39 is 5.56 Å². The van der Waals surface area contributed by atoms with Crippen molar-refractivity contribution in [1.82, 2.24) is 4.98 Å². The molecule has 0 unspecified atom stereocenters. The third-order valence-corrected chi connectivity index (χ3v) is 4.12. The van der Waals surface area contributed by atoms with E-state index in [2.05, 4.69) is 31.1 Å². The molecule has 6 nitrogen and oxygen atoms in total. The number of aromatic amines is 1. The first kappa shape index (κ1) is 19.2. The molecule has 0 spiro atoms. The molecule has 136 valence electrons. The second-order valence-electron chi connectivity index (χ2n) is 7.15. The molecule has 6 heteroatoms. The predicted molar refractivity (Wildman–Crippen MR) is 106 cm³/mol. The molecular formula is C20H24N4O2. The second-order valence-corrected chi connectivity index (χ2v) is 7.15. The van der Waals surface area contributed by atoms with Gasteiger partial charge in [0.2, 0.25) is 0 Å². The van der Waals surface area contributed by atoms with E-state index in [1.54, 1.807) is 19.1 Å². The molecule has 0 saturated carbocycles. The Morgan fingerprint density at radius 1 is 1.19 bits per heavy atom. The first-order valence-electron chi connectivity index (χ1n) is 8.25. The van der Waals surface area contributed by atoms with Crippen LogP contribution in [0.5, 0.6) is 0 Å². The molecule has 1 aromatic heterocycles. The minimum atomic E-state index is -0.422. The van der Waals surface area contributed by atoms with Crippen LogP contribution in [0.2, 0.25) is 0 Å². The lowest BCUT2D eigenvalue weighted by Gasteiger charge is -2.19. The molecule has 1 heterocycles. The van der Waals surface area contributed by atoms with E-state index in [-0.39, 0.29) is 17.0 Å². The molecule has 0 radical (unpaired) electrons. The number of hydrogen-bond acceptors (Lipinski definition) is 4. The van der Waals surface area contributed by atoms with E-state index in [0.717, 1.165) is 11.8 Å². The van der Waals surface area contributed by atoms with E-state index in [4.69, 9.17) is 11.1 Å². The van der Waals surface area contributed by atoms with Crippen LogP contribution in [0.15, 0.2) is 46.9 Å². The lowest BCUT2D eigenvalue weighted by Crippen LogP contribution is -2.20. The monoisotopic (exact) mass is 352 g/mol. The molecule has 2 aromatic rings. The number of allylic oxidation sites excluding steroid dienone is 1. The van der Waals surface area contributed by atoms with Gasteiger partial charge in [-0.05, 0) is 41.7 Å². The highest BCUT2D eigenvalue weighted by atomic mass is 16.2. The molecular weight excluding hydrogens is 328 g/mol. The van der Waals surface area contributed by atoms with Gasteiger partial charge in [-0.2, -0.15) is 0 Å². The minimum absolute atomic E-state index is 0.00290. The van der Waals surface area contributed by atoms with Gasteiger partial charge in [0.05, 0.1) is 0 Å². The normalized spacial score (nSPS) is 12.3. The van der Waals surface area contributed by atoms with Gasteiger partial charge < -0.3 is 21.4 Å². The fraction of sp³-hybridized carbons (Fsp3) is 0.250. The summed E-state index contributed by atoms with van der Waals surface area (Å²) < 4.78 is 0. The molecule has 0 atom stereocenters. The Kier molecular flexibility index (Phi) is 5.45. The van der Waals surface area contributed by atoms with Crippen molar-refractivity contribution in [2.45, 2.75) is 33.1 Å². The Morgan fingerprint density at radius 3 is 2.35 bits per heavy atom. The van der Waals surface area contributed by atoms with E-state index in [1.165, 1.54) is 12.3 Å². The lowest BCUT2D eigenvalue weighted by atomic mass is 9.87. The number of nitrogens with one attached hydrogen (secondary N) is 3. The number of nitrogens with two attached hydrogens (primary N) is 1. The van der Waals surface area contributed by atoms with Crippen LogP contribution in [0.1, 0.15) is 49.2 Å². The minimum Gasteiger partial charge on any atom is -0.398 e. The number of hydrogen-bond donors (Lipinski definition) is 4. The summed E-state index contributed by atoms with van der Waals surface area (Å²) in [5.74, 6) is -0.376. The summed E-state index contributed by atoms with van der Waals surface area (Å²) in [5.41, 5.74) is 8.68. The van der Waals surface area contributed by atoms with Gasteiger partial charge in [-0.3, -0.25) is 9.59 Å². The van der Waals surface area contributed by atoms with Crippen LogP contribution in [-0.2, 0) is 5.41 Å². The SMILES string of the molecule is CC(C=N)=C(N)c1c[nH]c(=O)c(NC(=O)c2ccc(C(C)(C)C)cc2)c1. The molecule has 1 aromatic carbocycles. The van der Waals surface area contributed by atoms with Crippen molar-refractivity contribution in [3.8, 4) is 0 Å². The van der Waals surface area contributed by atoms with Crippen LogP contribution in [0.4, 0.5) is 5.69 Å². The Hall–Kier alpha value is -3.15. The second kappa shape index (κ2) is 7.39. The highest BCUT2D eigenvalue weighted by molar-refractivity contribution is 6.04. The molecule has 26 heavy (non-hydrogen) atoms. The summed E-state index contributed by atoms with van der Waals surface area (Å²) in [5, 5.41) is 9.89. The molecule has 0 aliphatic carbocycles. The fourth-order valence-corrected chi connectivity index (χ4v) is 2.35. The summed E-state index contributed by atoms with van der Waals surface area (Å²) in [6.45, 7) is 7.99. The van der Waals surface area contributed by atoms with Crippen LogP contribution in [0, 0.1) is 5.41 Å². The number of rotatable bonds is 4. The molecule has 0 aliphatic heterocycles. The third kappa shape index (κ3) is 4.27. The van der Waals surface area contributed by atoms with Crippen LogP contribution < -0.4 is 16.6 Å². The summed E-state index contributed by atoms with van der Waals surface area (Å²) in [4.78, 5) is 27.0. The van der Waals surface area contributed by atoms with Gasteiger partial charge in [-0.1, -0.05) is 32.9 Å².